The van der Waals surface area contributed by atoms with E-state index in [9.17, 15) is 9.59 Å². The first kappa shape index (κ1) is 22.0. The van der Waals surface area contributed by atoms with Crippen LogP contribution in [0.4, 0.5) is 5.95 Å². The van der Waals surface area contributed by atoms with Crippen molar-refractivity contribution in [2.75, 3.05) is 32.0 Å². The summed E-state index contributed by atoms with van der Waals surface area (Å²) in [5.41, 5.74) is 2.22. The third kappa shape index (κ3) is 5.31. The second-order valence-corrected chi connectivity index (χ2v) is 8.79. The van der Waals surface area contributed by atoms with Gasteiger partial charge in [-0.05, 0) is 35.1 Å². The van der Waals surface area contributed by atoms with E-state index in [1.165, 1.54) is 10.4 Å². The van der Waals surface area contributed by atoms with Crippen molar-refractivity contribution in [3.05, 3.63) is 65.8 Å². The number of hydrogen-bond donors (Lipinski definition) is 1. The van der Waals surface area contributed by atoms with Crippen LogP contribution in [0, 0.1) is 0 Å². The van der Waals surface area contributed by atoms with Gasteiger partial charge in [0, 0.05) is 56.8 Å². The molecule has 0 aliphatic carbocycles. The molecule has 0 spiro atoms. The number of rotatable bonds is 8. The van der Waals surface area contributed by atoms with Crippen LogP contribution in [0.15, 0.2) is 60.2 Å². The Labute approximate surface area is 192 Å². The number of benzene rings is 1. The Balaban J connectivity index is 1.37. The second-order valence-electron chi connectivity index (χ2n) is 7.84. The number of carbonyl (C=O) groups is 2. The summed E-state index contributed by atoms with van der Waals surface area (Å²) in [5.74, 6) is 0.573. The Morgan fingerprint density at radius 3 is 2.62 bits per heavy atom. The monoisotopic (exact) mass is 449 g/mol. The summed E-state index contributed by atoms with van der Waals surface area (Å²) in [6, 6.07) is 13.7. The Kier molecular flexibility index (Phi) is 7.11. The van der Waals surface area contributed by atoms with Crippen LogP contribution < -0.4 is 5.32 Å². The van der Waals surface area contributed by atoms with Gasteiger partial charge in [0.05, 0.1) is 0 Å². The molecule has 7 nitrogen and oxygen atoms in total. The Morgan fingerprint density at radius 1 is 1.12 bits per heavy atom. The smallest absolute Gasteiger partial charge is 0.245 e. The summed E-state index contributed by atoms with van der Waals surface area (Å²) in [6.07, 6.45) is 4.90. The number of thiophene rings is 1. The zero-order chi connectivity index (χ0) is 22.3. The molecule has 2 aromatic heterocycles. The van der Waals surface area contributed by atoms with Gasteiger partial charge in [-0.3, -0.25) is 9.59 Å². The molecule has 32 heavy (non-hydrogen) atoms. The van der Waals surface area contributed by atoms with Gasteiger partial charge < -0.3 is 15.1 Å². The van der Waals surface area contributed by atoms with Crippen LogP contribution in [-0.4, -0.2) is 64.3 Å². The van der Waals surface area contributed by atoms with Crippen LogP contribution in [0.3, 0.4) is 0 Å². The highest BCUT2D eigenvalue weighted by Crippen LogP contribution is 2.25. The van der Waals surface area contributed by atoms with Gasteiger partial charge in [0.25, 0.3) is 0 Å². The van der Waals surface area contributed by atoms with Crippen LogP contribution in [0.25, 0.3) is 10.4 Å². The zero-order valence-electron chi connectivity index (χ0n) is 18.1. The highest BCUT2D eigenvalue weighted by molar-refractivity contribution is 7.13. The van der Waals surface area contributed by atoms with Crippen LogP contribution >= 0.6 is 11.3 Å². The molecule has 1 atom stereocenters. The van der Waals surface area contributed by atoms with Gasteiger partial charge in [0.1, 0.15) is 6.04 Å². The normalized spacial score (nSPS) is 16.3. The molecule has 1 N–H and O–H groups in total. The van der Waals surface area contributed by atoms with E-state index >= 15 is 0 Å². The molecule has 4 rings (SSSR count). The molecular weight excluding hydrogens is 422 g/mol. The summed E-state index contributed by atoms with van der Waals surface area (Å²) in [6.45, 7) is 1.73. The molecule has 0 radical (unpaired) electrons. The minimum atomic E-state index is -0.459. The van der Waals surface area contributed by atoms with E-state index in [0.29, 0.717) is 44.8 Å². The van der Waals surface area contributed by atoms with Crippen molar-refractivity contribution in [2.24, 2.45) is 0 Å². The van der Waals surface area contributed by atoms with E-state index in [2.05, 4.69) is 51.0 Å². The molecule has 1 aliphatic heterocycles. The van der Waals surface area contributed by atoms with E-state index in [0.717, 1.165) is 5.56 Å². The van der Waals surface area contributed by atoms with E-state index < -0.39 is 6.04 Å². The number of anilines is 1. The van der Waals surface area contributed by atoms with Crippen LogP contribution in [-0.2, 0) is 16.0 Å². The van der Waals surface area contributed by atoms with Crippen molar-refractivity contribution < 1.29 is 9.59 Å². The van der Waals surface area contributed by atoms with Gasteiger partial charge in [-0.25, -0.2) is 9.97 Å². The van der Waals surface area contributed by atoms with Crippen molar-refractivity contribution in [2.45, 2.75) is 25.3 Å². The molecular formula is C24H27N5O2S. The maximum atomic E-state index is 13.0. The van der Waals surface area contributed by atoms with Crippen molar-refractivity contribution in [1.82, 2.24) is 19.8 Å². The number of nitrogens with one attached hydrogen (secondary N) is 1. The number of carbonyl (C=O) groups excluding carboxylic acids is 2. The molecule has 0 bridgehead atoms. The minimum absolute atomic E-state index is 0.00254. The molecule has 3 aromatic rings. The molecule has 1 aromatic carbocycles. The summed E-state index contributed by atoms with van der Waals surface area (Å²) in [7, 11) is 1.81. The van der Waals surface area contributed by atoms with Crippen molar-refractivity contribution in [1.29, 1.82) is 0 Å². The Morgan fingerprint density at radius 2 is 1.91 bits per heavy atom. The third-order valence-electron chi connectivity index (χ3n) is 5.64. The van der Waals surface area contributed by atoms with Gasteiger partial charge in [0.2, 0.25) is 17.8 Å². The molecule has 166 valence electrons. The van der Waals surface area contributed by atoms with Crippen LogP contribution in [0.1, 0.15) is 18.4 Å². The maximum Gasteiger partial charge on any atom is 0.245 e. The van der Waals surface area contributed by atoms with Crippen LogP contribution in [0.5, 0.6) is 0 Å². The topological polar surface area (TPSA) is 78.4 Å². The van der Waals surface area contributed by atoms with Gasteiger partial charge in [0.15, 0.2) is 0 Å². The first-order valence-electron chi connectivity index (χ1n) is 10.8. The first-order valence-corrected chi connectivity index (χ1v) is 11.7. The number of hydrogen-bond acceptors (Lipinski definition) is 6. The largest absolute Gasteiger partial charge is 0.354 e. The van der Waals surface area contributed by atoms with E-state index in [1.54, 1.807) is 46.6 Å². The van der Waals surface area contributed by atoms with Crippen LogP contribution in [0.2, 0.25) is 0 Å². The highest BCUT2D eigenvalue weighted by atomic mass is 32.1. The molecule has 1 fully saturated rings. The lowest BCUT2D eigenvalue weighted by Gasteiger charge is -2.39. The van der Waals surface area contributed by atoms with E-state index in [4.69, 9.17) is 0 Å². The average Bonchev–Trinajstić information content (AvgIpc) is 3.36. The van der Waals surface area contributed by atoms with E-state index in [1.807, 2.05) is 6.07 Å². The highest BCUT2D eigenvalue weighted by Gasteiger charge is 2.35. The fourth-order valence-electron chi connectivity index (χ4n) is 3.85. The summed E-state index contributed by atoms with van der Waals surface area (Å²) >= 11 is 1.70. The van der Waals surface area contributed by atoms with Gasteiger partial charge in [-0.1, -0.05) is 30.3 Å². The number of likely N-dealkylation sites (N-methyl/N-ethyl adjacent to an activating group) is 1. The molecule has 1 saturated heterocycles. The molecule has 8 heteroatoms. The maximum absolute atomic E-state index is 13.0. The standard InChI is InChI=1S/C24H27N5O2S/c1-28-14-15-29(22(30)6-2-11-25-24-26-12-4-13-27-24)20(23(28)31)17-18-7-9-19(10-8-18)21-5-3-16-32-21/h3-5,7-10,12-13,16,20H,2,6,11,14-15,17H2,1H3,(H,25,26,27)/t20-/m0/s1. The summed E-state index contributed by atoms with van der Waals surface area (Å²) in [4.78, 5) is 38.8. The molecule has 0 saturated carbocycles. The number of amides is 2. The first-order chi connectivity index (χ1) is 15.6. The number of aromatic nitrogens is 2. The van der Waals surface area contributed by atoms with Crippen molar-refractivity contribution >= 4 is 29.1 Å². The fraction of sp³-hybridized carbons (Fsp3) is 0.333. The van der Waals surface area contributed by atoms with Gasteiger partial charge in [-0.2, -0.15) is 0 Å². The predicted octanol–water partition coefficient (Wildman–Crippen LogP) is 3.31. The molecule has 3 heterocycles. The molecule has 0 unspecified atom stereocenters. The lowest BCUT2D eigenvalue weighted by Crippen LogP contribution is -2.58. The fourth-order valence-corrected chi connectivity index (χ4v) is 4.59. The van der Waals surface area contributed by atoms with Gasteiger partial charge >= 0.3 is 0 Å². The lowest BCUT2D eigenvalue weighted by molar-refractivity contribution is -0.150. The quantitative estimate of drug-likeness (QED) is 0.534. The minimum Gasteiger partial charge on any atom is -0.354 e. The van der Waals surface area contributed by atoms with E-state index in [-0.39, 0.29) is 11.8 Å². The second kappa shape index (κ2) is 10.4. The number of nitrogens with zero attached hydrogens (tertiary/aromatic N) is 4. The average molecular weight is 450 g/mol. The van der Waals surface area contributed by atoms with Crippen molar-refractivity contribution in [3.8, 4) is 10.4 Å². The zero-order valence-corrected chi connectivity index (χ0v) is 18.9. The Hall–Kier alpha value is -3.26. The van der Waals surface area contributed by atoms with Gasteiger partial charge in [-0.15, -0.1) is 11.3 Å². The Bertz CT molecular complexity index is 1020. The molecule has 2 amide bonds. The lowest BCUT2D eigenvalue weighted by atomic mass is 9.99. The molecule has 1 aliphatic rings. The summed E-state index contributed by atoms with van der Waals surface area (Å²) < 4.78 is 0. The third-order valence-corrected chi connectivity index (χ3v) is 6.56. The summed E-state index contributed by atoms with van der Waals surface area (Å²) in [5, 5.41) is 5.18. The SMILES string of the molecule is CN1CCN(C(=O)CCCNc2ncccn2)[C@@H](Cc2ccc(-c3cccs3)cc2)C1=O. The predicted molar refractivity (Wildman–Crippen MR) is 126 cm³/mol. The van der Waals surface area contributed by atoms with Crippen molar-refractivity contribution in [3.63, 3.8) is 0 Å². The number of piperazine rings is 1.